The molecule has 1 amide bonds. The van der Waals surface area contributed by atoms with Gasteiger partial charge in [-0.1, -0.05) is 12.1 Å². The number of hydrazone groups is 1. The van der Waals surface area contributed by atoms with Gasteiger partial charge in [0.05, 0.1) is 23.2 Å². The quantitative estimate of drug-likeness (QED) is 0.450. The Kier molecular flexibility index (Phi) is 2.99. The lowest BCUT2D eigenvalue weighted by molar-refractivity contribution is -0.385. The van der Waals surface area contributed by atoms with Crippen molar-refractivity contribution < 1.29 is 14.5 Å². The molecule has 1 aliphatic heterocycles. The van der Waals surface area contributed by atoms with Crippen molar-refractivity contribution in [2.75, 3.05) is 13.2 Å². The molecule has 0 N–H and O–H groups in total. The second-order valence-corrected chi connectivity index (χ2v) is 3.30. The molecule has 88 valence electrons. The molecule has 0 aromatic heterocycles. The Labute approximate surface area is 96.4 Å². The summed E-state index contributed by atoms with van der Waals surface area (Å²) in [5.74, 6) is 0. The van der Waals surface area contributed by atoms with Crippen LogP contribution in [0.25, 0.3) is 0 Å². The number of carbonyl (C=O) groups is 1. The van der Waals surface area contributed by atoms with E-state index in [4.69, 9.17) is 0 Å². The average Bonchev–Trinajstić information content (AvgIpc) is 2.72. The summed E-state index contributed by atoms with van der Waals surface area (Å²) in [4.78, 5) is 21.3. The number of cyclic esters (lactones) is 1. The van der Waals surface area contributed by atoms with Gasteiger partial charge in [-0.05, 0) is 6.07 Å². The third-order valence-corrected chi connectivity index (χ3v) is 2.21. The lowest BCUT2D eigenvalue weighted by Gasteiger charge is -2.03. The maximum atomic E-state index is 11.1. The normalized spacial score (nSPS) is 15.3. The SMILES string of the molecule is O=C1OCCN1/N=C\c1ccccc1[N+](=O)[O-]. The van der Waals surface area contributed by atoms with Crippen molar-refractivity contribution in [2.24, 2.45) is 5.10 Å². The smallest absolute Gasteiger partial charge is 0.430 e. The van der Waals surface area contributed by atoms with Crippen LogP contribution in [0.15, 0.2) is 29.4 Å². The third-order valence-electron chi connectivity index (χ3n) is 2.21. The van der Waals surface area contributed by atoms with Crippen LogP contribution in [0.4, 0.5) is 10.5 Å². The molecule has 0 radical (unpaired) electrons. The van der Waals surface area contributed by atoms with E-state index in [9.17, 15) is 14.9 Å². The van der Waals surface area contributed by atoms with Crippen LogP contribution in [0.2, 0.25) is 0 Å². The fourth-order valence-corrected chi connectivity index (χ4v) is 1.38. The van der Waals surface area contributed by atoms with Crippen LogP contribution in [0.1, 0.15) is 5.56 Å². The maximum Gasteiger partial charge on any atom is 0.430 e. The van der Waals surface area contributed by atoms with Crippen LogP contribution in [0.3, 0.4) is 0 Å². The van der Waals surface area contributed by atoms with E-state index in [0.29, 0.717) is 12.1 Å². The van der Waals surface area contributed by atoms with E-state index in [1.165, 1.54) is 12.3 Å². The van der Waals surface area contributed by atoms with Gasteiger partial charge in [0.2, 0.25) is 0 Å². The van der Waals surface area contributed by atoms with E-state index in [2.05, 4.69) is 9.84 Å². The van der Waals surface area contributed by atoms with Crippen LogP contribution in [-0.2, 0) is 4.74 Å². The van der Waals surface area contributed by atoms with Gasteiger partial charge in [0.1, 0.15) is 6.61 Å². The molecule has 0 saturated carbocycles. The first-order chi connectivity index (χ1) is 8.18. The Morgan fingerprint density at radius 3 is 2.88 bits per heavy atom. The number of nitrogens with zero attached hydrogens (tertiary/aromatic N) is 3. The highest BCUT2D eigenvalue weighted by molar-refractivity contribution is 5.86. The molecule has 0 spiro atoms. The number of nitro groups is 1. The summed E-state index contributed by atoms with van der Waals surface area (Å²) in [6.07, 6.45) is 0.741. The van der Waals surface area contributed by atoms with E-state index < -0.39 is 11.0 Å². The van der Waals surface area contributed by atoms with Gasteiger partial charge in [0.15, 0.2) is 0 Å². The molecular weight excluding hydrogens is 226 g/mol. The molecule has 7 heteroatoms. The molecule has 0 unspecified atom stereocenters. The zero-order chi connectivity index (χ0) is 12.3. The minimum atomic E-state index is -0.542. The average molecular weight is 235 g/mol. The number of ether oxygens (including phenoxy) is 1. The molecule has 2 rings (SSSR count). The van der Waals surface area contributed by atoms with Gasteiger partial charge in [0, 0.05) is 6.07 Å². The number of amides is 1. The van der Waals surface area contributed by atoms with Gasteiger partial charge in [-0.25, -0.2) is 4.79 Å². The molecule has 1 aromatic carbocycles. The topological polar surface area (TPSA) is 85.0 Å². The molecule has 1 heterocycles. The van der Waals surface area contributed by atoms with E-state index in [0.717, 1.165) is 5.01 Å². The van der Waals surface area contributed by atoms with Crippen molar-refractivity contribution in [2.45, 2.75) is 0 Å². The zero-order valence-electron chi connectivity index (χ0n) is 8.78. The number of para-hydroxylation sites is 1. The van der Waals surface area contributed by atoms with E-state index in [-0.39, 0.29) is 12.3 Å². The minimum Gasteiger partial charge on any atom is -0.446 e. The van der Waals surface area contributed by atoms with Crippen molar-refractivity contribution in [3.63, 3.8) is 0 Å². The summed E-state index contributed by atoms with van der Waals surface area (Å²) in [6, 6.07) is 6.17. The third kappa shape index (κ3) is 2.39. The first-order valence-electron chi connectivity index (χ1n) is 4.90. The fourth-order valence-electron chi connectivity index (χ4n) is 1.38. The lowest BCUT2D eigenvalue weighted by Crippen LogP contribution is -2.17. The van der Waals surface area contributed by atoms with Crippen molar-refractivity contribution >= 4 is 18.0 Å². The number of hydrogen-bond acceptors (Lipinski definition) is 5. The summed E-state index contributed by atoms with van der Waals surface area (Å²) in [5.41, 5.74) is 0.293. The minimum absolute atomic E-state index is 0.0520. The largest absolute Gasteiger partial charge is 0.446 e. The lowest BCUT2D eigenvalue weighted by atomic mass is 10.2. The Morgan fingerprint density at radius 1 is 1.47 bits per heavy atom. The van der Waals surface area contributed by atoms with Crippen molar-refractivity contribution in [1.29, 1.82) is 0 Å². The summed E-state index contributed by atoms with van der Waals surface area (Å²) >= 11 is 0. The highest BCUT2D eigenvalue weighted by Crippen LogP contribution is 2.15. The van der Waals surface area contributed by atoms with Gasteiger partial charge in [-0.3, -0.25) is 10.1 Å². The second-order valence-electron chi connectivity index (χ2n) is 3.30. The number of carbonyl (C=O) groups excluding carboxylic acids is 1. The van der Waals surface area contributed by atoms with E-state index >= 15 is 0 Å². The van der Waals surface area contributed by atoms with E-state index in [1.807, 2.05) is 0 Å². The predicted molar refractivity (Wildman–Crippen MR) is 58.7 cm³/mol. The molecular formula is C10H9N3O4. The van der Waals surface area contributed by atoms with Crippen LogP contribution in [-0.4, -0.2) is 35.4 Å². The van der Waals surface area contributed by atoms with Gasteiger partial charge in [-0.2, -0.15) is 10.1 Å². The van der Waals surface area contributed by atoms with Crippen molar-refractivity contribution in [3.05, 3.63) is 39.9 Å². The second kappa shape index (κ2) is 4.60. The summed E-state index contributed by atoms with van der Waals surface area (Å²) < 4.78 is 4.67. The molecule has 17 heavy (non-hydrogen) atoms. The highest BCUT2D eigenvalue weighted by atomic mass is 16.6. The Hall–Kier alpha value is -2.44. The monoisotopic (exact) mass is 235 g/mol. The number of rotatable bonds is 3. The van der Waals surface area contributed by atoms with Crippen LogP contribution in [0.5, 0.6) is 0 Å². The molecule has 0 aliphatic carbocycles. The molecule has 0 atom stereocenters. The van der Waals surface area contributed by atoms with Crippen LogP contribution in [0, 0.1) is 10.1 Å². The molecule has 1 fully saturated rings. The predicted octanol–water partition coefficient (Wildman–Crippen LogP) is 1.38. The standard InChI is InChI=1S/C10H9N3O4/c14-10-12(5-6-17-10)11-7-8-3-1-2-4-9(8)13(15)16/h1-4,7H,5-6H2/b11-7-. The van der Waals surface area contributed by atoms with Crippen LogP contribution < -0.4 is 0 Å². The van der Waals surface area contributed by atoms with E-state index in [1.54, 1.807) is 18.2 Å². The molecule has 1 aliphatic rings. The Bertz CT molecular complexity index is 486. The van der Waals surface area contributed by atoms with Crippen LogP contribution >= 0.6 is 0 Å². The molecule has 1 saturated heterocycles. The molecule has 7 nitrogen and oxygen atoms in total. The fraction of sp³-hybridized carbons (Fsp3) is 0.200. The number of hydrogen-bond donors (Lipinski definition) is 0. The summed E-state index contributed by atoms with van der Waals surface area (Å²) in [5, 5.41) is 15.7. The zero-order valence-corrected chi connectivity index (χ0v) is 8.78. The summed E-state index contributed by atoms with van der Waals surface area (Å²) in [7, 11) is 0. The first-order valence-corrected chi connectivity index (χ1v) is 4.90. The molecule has 1 aromatic rings. The number of benzene rings is 1. The summed E-state index contributed by atoms with van der Waals surface area (Å²) in [6.45, 7) is 0.642. The Morgan fingerprint density at radius 2 is 2.24 bits per heavy atom. The van der Waals surface area contributed by atoms with Gasteiger partial charge in [0.25, 0.3) is 5.69 Å². The first kappa shape index (κ1) is 11.1. The highest BCUT2D eigenvalue weighted by Gasteiger charge is 2.21. The van der Waals surface area contributed by atoms with Gasteiger partial charge < -0.3 is 4.74 Å². The van der Waals surface area contributed by atoms with Gasteiger partial charge >= 0.3 is 6.09 Å². The van der Waals surface area contributed by atoms with Crippen molar-refractivity contribution in [3.8, 4) is 0 Å². The number of nitro benzene ring substituents is 1. The Balaban J connectivity index is 2.20. The molecule has 0 bridgehead atoms. The van der Waals surface area contributed by atoms with Crippen molar-refractivity contribution in [1.82, 2.24) is 5.01 Å². The maximum absolute atomic E-state index is 11.1. The van der Waals surface area contributed by atoms with Gasteiger partial charge in [-0.15, -0.1) is 0 Å².